The zero-order valence-corrected chi connectivity index (χ0v) is 15.8. The van der Waals surface area contributed by atoms with Gasteiger partial charge in [0.2, 0.25) is 0 Å². The highest BCUT2D eigenvalue weighted by Gasteiger charge is 2.31. The van der Waals surface area contributed by atoms with Crippen molar-refractivity contribution >= 4 is 11.4 Å². The molecule has 1 aliphatic heterocycles. The van der Waals surface area contributed by atoms with E-state index in [1.807, 2.05) is 36.4 Å². The van der Waals surface area contributed by atoms with Crippen molar-refractivity contribution < 1.29 is 9.52 Å². The van der Waals surface area contributed by atoms with Gasteiger partial charge in [-0.2, -0.15) is 5.26 Å². The van der Waals surface area contributed by atoms with Crippen molar-refractivity contribution in [2.45, 2.75) is 6.42 Å². The van der Waals surface area contributed by atoms with E-state index in [2.05, 4.69) is 15.9 Å². The molecule has 0 amide bonds. The zero-order valence-electron chi connectivity index (χ0n) is 15.8. The van der Waals surface area contributed by atoms with Gasteiger partial charge in [-0.1, -0.05) is 36.4 Å². The minimum atomic E-state index is -0.582. The molecule has 3 aromatic rings. The summed E-state index contributed by atoms with van der Waals surface area (Å²) in [6, 6.07) is 17.2. The topological polar surface area (TPSA) is 80.7 Å². The van der Waals surface area contributed by atoms with Gasteiger partial charge in [0.15, 0.2) is 5.56 Å². The first-order chi connectivity index (χ1) is 14.2. The molecule has 0 atom stereocenters. The molecule has 6 nitrogen and oxygen atoms in total. The lowest BCUT2D eigenvalue weighted by atomic mass is 10.1. The average Bonchev–Trinajstić information content (AvgIpc) is 3.11. The highest BCUT2D eigenvalue weighted by molar-refractivity contribution is 5.80. The lowest BCUT2D eigenvalue weighted by molar-refractivity contribution is 0.472. The van der Waals surface area contributed by atoms with E-state index >= 15 is 0 Å². The Morgan fingerprint density at radius 2 is 1.66 bits per heavy atom. The number of aromatic hydroxyl groups is 1. The van der Waals surface area contributed by atoms with E-state index < -0.39 is 5.63 Å². The summed E-state index contributed by atoms with van der Waals surface area (Å²) in [5.74, 6) is 0.845. The van der Waals surface area contributed by atoms with Gasteiger partial charge in [0.25, 0.3) is 0 Å². The number of rotatable bonds is 2. The SMILES string of the molecule is N#Cc1c(N2CCN(c3ccccc3O)CC2)c2c(oc1=O)-c1ccccc1C2. The molecule has 0 spiro atoms. The molecular formula is C23H19N3O3. The minimum absolute atomic E-state index is 0.0764. The van der Waals surface area contributed by atoms with Crippen LogP contribution in [0.2, 0.25) is 0 Å². The Balaban J connectivity index is 1.51. The third-order valence-electron chi connectivity index (χ3n) is 5.75. The summed E-state index contributed by atoms with van der Waals surface area (Å²) in [7, 11) is 0. The second-order valence-electron chi connectivity index (χ2n) is 7.33. The van der Waals surface area contributed by atoms with Crippen molar-refractivity contribution in [3.8, 4) is 23.1 Å². The van der Waals surface area contributed by atoms with Gasteiger partial charge in [0, 0.05) is 43.7 Å². The van der Waals surface area contributed by atoms with Gasteiger partial charge < -0.3 is 19.3 Å². The Labute approximate surface area is 167 Å². The third-order valence-corrected chi connectivity index (χ3v) is 5.75. The number of nitrogens with zero attached hydrogens (tertiary/aromatic N) is 3. The summed E-state index contributed by atoms with van der Waals surface area (Å²) in [5.41, 5.74) is 3.95. The fourth-order valence-corrected chi connectivity index (χ4v) is 4.38. The number of fused-ring (bicyclic) bond motifs is 3. The Morgan fingerprint density at radius 3 is 2.41 bits per heavy atom. The van der Waals surface area contributed by atoms with E-state index in [1.165, 1.54) is 0 Å². The number of hydrogen-bond acceptors (Lipinski definition) is 6. The summed E-state index contributed by atoms with van der Waals surface area (Å²) in [6.45, 7) is 2.67. The Morgan fingerprint density at radius 1 is 0.966 bits per heavy atom. The van der Waals surface area contributed by atoms with E-state index in [1.54, 1.807) is 12.1 Å². The predicted molar refractivity (Wildman–Crippen MR) is 110 cm³/mol. The zero-order chi connectivity index (χ0) is 20.0. The number of benzene rings is 2. The number of hydrogen-bond donors (Lipinski definition) is 1. The molecule has 0 bridgehead atoms. The number of para-hydroxylation sites is 2. The number of nitriles is 1. The number of phenols is 1. The Hall–Kier alpha value is -3.72. The van der Waals surface area contributed by atoms with Crippen LogP contribution >= 0.6 is 0 Å². The van der Waals surface area contributed by atoms with Gasteiger partial charge in [0.05, 0.1) is 11.4 Å². The van der Waals surface area contributed by atoms with Crippen LogP contribution in [-0.2, 0) is 6.42 Å². The van der Waals surface area contributed by atoms with E-state index in [4.69, 9.17) is 4.42 Å². The average molecular weight is 385 g/mol. The minimum Gasteiger partial charge on any atom is -0.506 e. The standard InChI is InChI=1S/C23H19N3O3/c24-14-18-21(17-13-15-5-1-2-6-16(15)22(17)29-23(18)28)26-11-9-25(10-12-26)19-7-3-4-8-20(19)27/h1-8,27H,9-13H2. The molecule has 6 heteroatoms. The number of phenolic OH excluding ortho intramolecular Hbond substituents is 1. The van der Waals surface area contributed by atoms with Crippen LogP contribution in [0.5, 0.6) is 5.75 Å². The van der Waals surface area contributed by atoms with Gasteiger partial charge >= 0.3 is 5.63 Å². The van der Waals surface area contributed by atoms with Crippen LogP contribution in [0.15, 0.2) is 57.7 Å². The van der Waals surface area contributed by atoms with E-state index in [0.29, 0.717) is 44.0 Å². The van der Waals surface area contributed by atoms with Crippen LogP contribution in [0.25, 0.3) is 11.3 Å². The van der Waals surface area contributed by atoms with Crippen molar-refractivity contribution in [2.75, 3.05) is 36.0 Å². The van der Waals surface area contributed by atoms with Gasteiger partial charge in [-0.15, -0.1) is 0 Å². The molecule has 0 unspecified atom stereocenters. The second kappa shape index (κ2) is 6.71. The van der Waals surface area contributed by atoms with Crippen LogP contribution in [0.4, 0.5) is 11.4 Å². The van der Waals surface area contributed by atoms with E-state index in [9.17, 15) is 15.2 Å². The maximum Gasteiger partial charge on any atom is 0.356 e. The first-order valence-electron chi connectivity index (χ1n) is 9.63. The molecule has 1 aromatic heterocycles. The first-order valence-corrected chi connectivity index (χ1v) is 9.63. The molecular weight excluding hydrogens is 366 g/mol. The molecule has 5 rings (SSSR count). The lowest BCUT2D eigenvalue weighted by Crippen LogP contribution is -2.47. The molecule has 2 aromatic carbocycles. The van der Waals surface area contributed by atoms with Crippen molar-refractivity contribution in [3.05, 3.63) is 75.6 Å². The summed E-state index contributed by atoms with van der Waals surface area (Å²) >= 11 is 0. The molecule has 1 N–H and O–H groups in total. The highest BCUT2D eigenvalue weighted by atomic mass is 16.4. The van der Waals surface area contributed by atoms with Crippen molar-refractivity contribution in [1.82, 2.24) is 0 Å². The molecule has 2 aliphatic rings. The van der Waals surface area contributed by atoms with Crippen molar-refractivity contribution in [2.24, 2.45) is 0 Å². The van der Waals surface area contributed by atoms with Crippen LogP contribution in [-0.4, -0.2) is 31.3 Å². The molecule has 1 saturated heterocycles. The summed E-state index contributed by atoms with van der Waals surface area (Å²) < 4.78 is 5.56. The summed E-state index contributed by atoms with van der Waals surface area (Å²) in [5, 5.41) is 19.8. The first kappa shape index (κ1) is 17.4. The smallest absolute Gasteiger partial charge is 0.356 e. The maximum atomic E-state index is 12.6. The van der Waals surface area contributed by atoms with E-state index in [-0.39, 0.29) is 11.3 Å². The molecule has 1 fully saturated rings. The van der Waals surface area contributed by atoms with Crippen LogP contribution in [0.1, 0.15) is 16.7 Å². The number of anilines is 2. The monoisotopic (exact) mass is 385 g/mol. The van der Waals surface area contributed by atoms with Gasteiger partial charge in [-0.3, -0.25) is 0 Å². The van der Waals surface area contributed by atoms with Crippen molar-refractivity contribution in [1.29, 1.82) is 5.26 Å². The fraction of sp³-hybridized carbons (Fsp3) is 0.217. The van der Waals surface area contributed by atoms with Gasteiger partial charge in [0.1, 0.15) is 17.6 Å². The normalized spacial score (nSPS) is 15.0. The quantitative estimate of drug-likeness (QED) is 0.571. The van der Waals surface area contributed by atoms with Crippen LogP contribution in [0.3, 0.4) is 0 Å². The molecule has 0 saturated carbocycles. The Bertz CT molecular complexity index is 1200. The lowest BCUT2D eigenvalue weighted by Gasteiger charge is -2.38. The highest BCUT2D eigenvalue weighted by Crippen LogP contribution is 2.42. The van der Waals surface area contributed by atoms with Crippen LogP contribution in [0, 0.1) is 11.3 Å². The summed E-state index contributed by atoms with van der Waals surface area (Å²) in [6.07, 6.45) is 0.652. The molecule has 1 aliphatic carbocycles. The van der Waals surface area contributed by atoms with Gasteiger partial charge in [-0.05, 0) is 17.7 Å². The second-order valence-corrected chi connectivity index (χ2v) is 7.33. The largest absolute Gasteiger partial charge is 0.506 e. The molecule has 0 radical (unpaired) electrons. The predicted octanol–water partition coefficient (Wildman–Crippen LogP) is 3.11. The molecule has 29 heavy (non-hydrogen) atoms. The fourth-order valence-electron chi connectivity index (χ4n) is 4.38. The van der Waals surface area contributed by atoms with Crippen molar-refractivity contribution in [3.63, 3.8) is 0 Å². The van der Waals surface area contributed by atoms with Crippen LogP contribution < -0.4 is 15.4 Å². The summed E-state index contributed by atoms with van der Waals surface area (Å²) in [4.78, 5) is 16.8. The number of piperazine rings is 1. The van der Waals surface area contributed by atoms with E-state index in [0.717, 1.165) is 22.4 Å². The molecule has 2 heterocycles. The maximum absolute atomic E-state index is 12.6. The Kier molecular flexibility index (Phi) is 4.02. The van der Waals surface area contributed by atoms with Gasteiger partial charge in [-0.25, -0.2) is 4.79 Å². The molecule has 144 valence electrons. The third kappa shape index (κ3) is 2.74.